The highest BCUT2D eigenvalue weighted by Gasteiger charge is 2.05. The van der Waals surface area contributed by atoms with E-state index in [1.54, 1.807) is 24.5 Å². The fraction of sp³-hybridized carbons (Fsp3) is 0.167. The molecule has 0 bridgehead atoms. The van der Waals surface area contributed by atoms with Gasteiger partial charge in [-0.2, -0.15) is 8.78 Å². The molecule has 0 aliphatic heterocycles. The summed E-state index contributed by atoms with van der Waals surface area (Å²) in [6.45, 7) is -2.30. The Morgan fingerprint density at radius 3 is 2.50 bits per heavy atom. The molecule has 0 amide bonds. The topological polar surface area (TPSA) is 34.4 Å². The first-order valence-corrected chi connectivity index (χ1v) is 5.95. The van der Waals surface area contributed by atoms with Gasteiger partial charge in [-0.3, -0.25) is 0 Å². The van der Waals surface area contributed by atoms with Crippen molar-refractivity contribution < 1.29 is 17.9 Å². The number of alkyl halides is 2. The molecule has 0 saturated carbocycles. The number of benzene rings is 1. The maximum Gasteiger partial charge on any atom is 0.387 e. The molecular formula is C12H10BrF2NO2. The fourth-order valence-electron chi connectivity index (χ4n) is 1.39. The predicted molar refractivity (Wildman–Crippen MR) is 66.8 cm³/mol. The van der Waals surface area contributed by atoms with Crippen molar-refractivity contribution in [3.05, 3.63) is 46.8 Å². The second kappa shape index (κ2) is 5.86. The normalized spacial score (nSPS) is 10.7. The molecular weight excluding hydrogens is 308 g/mol. The lowest BCUT2D eigenvalue weighted by Gasteiger charge is -2.07. The van der Waals surface area contributed by atoms with E-state index < -0.39 is 6.61 Å². The van der Waals surface area contributed by atoms with Gasteiger partial charge in [0.2, 0.25) is 0 Å². The monoisotopic (exact) mass is 317 g/mol. The molecule has 1 aromatic heterocycles. The molecule has 18 heavy (non-hydrogen) atoms. The van der Waals surface area contributed by atoms with E-state index in [4.69, 9.17) is 4.42 Å². The third kappa shape index (κ3) is 3.46. The van der Waals surface area contributed by atoms with Gasteiger partial charge in [-0.1, -0.05) is 0 Å². The lowest BCUT2D eigenvalue weighted by Crippen LogP contribution is -2.02. The predicted octanol–water partition coefficient (Wildman–Crippen LogP) is 4.26. The van der Waals surface area contributed by atoms with Gasteiger partial charge in [0.05, 0.1) is 17.3 Å². The zero-order valence-electron chi connectivity index (χ0n) is 9.20. The number of hydrogen-bond donors (Lipinski definition) is 1. The van der Waals surface area contributed by atoms with Crippen LogP contribution in [0.25, 0.3) is 0 Å². The van der Waals surface area contributed by atoms with Gasteiger partial charge >= 0.3 is 6.61 Å². The first kappa shape index (κ1) is 12.9. The van der Waals surface area contributed by atoms with E-state index in [1.165, 1.54) is 12.1 Å². The van der Waals surface area contributed by atoms with E-state index in [9.17, 15) is 8.78 Å². The fourth-order valence-corrected chi connectivity index (χ4v) is 1.73. The van der Waals surface area contributed by atoms with Crippen molar-refractivity contribution in [2.75, 3.05) is 5.32 Å². The summed E-state index contributed by atoms with van der Waals surface area (Å²) in [5, 5.41) is 3.10. The van der Waals surface area contributed by atoms with Crippen molar-refractivity contribution in [3.63, 3.8) is 0 Å². The van der Waals surface area contributed by atoms with Crippen LogP contribution in [-0.4, -0.2) is 6.61 Å². The Labute approximate surface area is 111 Å². The van der Waals surface area contributed by atoms with Crippen LogP contribution in [0.1, 0.15) is 5.76 Å². The minimum Gasteiger partial charge on any atom is -0.466 e. The zero-order valence-corrected chi connectivity index (χ0v) is 10.8. The van der Waals surface area contributed by atoms with E-state index in [-0.39, 0.29) is 5.75 Å². The molecule has 0 unspecified atom stereocenters. The molecule has 6 heteroatoms. The largest absolute Gasteiger partial charge is 0.466 e. The highest BCUT2D eigenvalue weighted by molar-refractivity contribution is 9.10. The molecule has 96 valence electrons. The maximum atomic E-state index is 11.9. The molecule has 0 radical (unpaired) electrons. The van der Waals surface area contributed by atoms with Crippen LogP contribution in [-0.2, 0) is 6.54 Å². The van der Waals surface area contributed by atoms with Crippen LogP contribution in [0.4, 0.5) is 14.5 Å². The molecule has 2 aromatic rings. The number of rotatable bonds is 5. The molecule has 0 aliphatic rings. The lowest BCUT2D eigenvalue weighted by atomic mass is 10.3. The molecule has 1 aromatic carbocycles. The van der Waals surface area contributed by atoms with Gasteiger partial charge in [-0.15, -0.1) is 0 Å². The Hall–Kier alpha value is -1.56. The summed E-state index contributed by atoms with van der Waals surface area (Å²) in [5.41, 5.74) is 0.792. The van der Waals surface area contributed by atoms with Crippen LogP contribution < -0.4 is 10.1 Å². The van der Waals surface area contributed by atoms with E-state index in [1.807, 2.05) is 0 Å². The number of nitrogens with one attached hydrogen (secondary N) is 1. The highest BCUT2D eigenvalue weighted by Crippen LogP contribution is 2.21. The van der Waals surface area contributed by atoms with Crippen molar-refractivity contribution in [1.29, 1.82) is 0 Å². The van der Waals surface area contributed by atoms with Crippen LogP contribution in [0.15, 0.2) is 45.5 Å². The lowest BCUT2D eigenvalue weighted by molar-refractivity contribution is -0.0498. The van der Waals surface area contributed by atoms with E-state index in [0.29, 0.717) is 6.54 Å². The second-order valence-electron chi connectivity index (χ2n) is 3.45. The SMILES string of the molecule is FC(F)Oc1ccc(NCc2occc2Br)cc1. The molecule has 1 heterocycles. The van der Waals surface area contributed by atoms with Crippen LogP contribution >= 0.6 is 15.9 Å². The summed E-state index contributed by atoms with van der Waals surface area (Å²) >= 11 is 3.34. The summed E-state index contributed by atoms with van der Waals surface area (Å²) in [5.74, 6) is 0.901. The minimum absolute atomic E-state index is 0.134. The summed E-state index contributed by atoms with van der Waals surface area (Å²) in [4.78, 5) is 0. The van der Waals surface area contributed by atoms with Crippen molar-refractivity contribution in [1.82, 2.24) is 0 Å². The molecule has 0 aliphatic carbocycles. The van der Waals surface area contributed by atoms with Gasteiger partial charge in [0.25, 0.3) is 0 Å². The van der Waals surface area contributed by atoms with Gasteiger partial charge in [0.1, 0.15) is 11.5 Å². The molecule has 0 fully saturated rings. The smallest absolute Gasteiger partial charge is 0.387 e. The van der Waals surface area contributed by atoms with Crippen molar-refractivity contribution >= 4 is 21.6 Å². The Morgan fingerprint density at radius 1 is 1.22 bits per heavy atom. The highest BCUT2D eigenvalue weighted by atomic mass is 79.9. The summed E-state index contributed by atoms with van der Waals surface area (Å²) in [7, 11) is 0. The van der Waals surface area contributed by atoms with E-state index in [0.717, 1.165) is 15.9 Å². The Bertz CT molecular complexity index is 499. The first-order valence-electron chi connectivity index (χ1n) is 5.16. The Balaban J connectivity index is 1.92. The zero-order chi connectivity index (χ0) is 13.0. The molecule has 2 rings (SSSR count). The van der Waals surface area contributed by atoms with Crippen LogP contribution in [0.5, 0.6) is 5.75 Å². The molecule has 0 saturated heterocycles. The number of anilines is 1. The number of hydrogen-bond acceptors (Lipinski definition) is 3. The van der Waals surface area contributed by atoms with Gasteiger partial charge in [-0.05, 0) is 46.3 Å². The number of furan rings is 1. The third-order valence-corrected chi connectivity index (χ3v) is 2.93. The van der Waals surface area contributed by atoms with Gasteiger partial charge in [0.15, 0.2) is 0 Å². The van der Waals surface area contributed by atoms with Gasteiger partial charge in [-0.25, -0.2) is 0 Å². The molecule has 1 N–H and O–H groups in total. The number of halogens is 3. The third-order valence-electron chi connectivity index (χ3n) is 2.22. The van der Waals surface area contributed by atoms with E-state index in [2.05, 4.69) is 26.0 Å². The number of ether oxygens (including phenoxy) is 1. The molecule has 0 spiro atoms. The van der Waals surface area contributed by atoms with Crippen molar-refractivity contribution in [2.45, 2.75) is 13.2 Å². The molecule has 3 nitrogen and oxygen atoms in total. The maximum absolute atomic E-state index is 11.9. The van der Waals surface area contributed by atoms with Crippen molar-refractivity contribution in [3.8, 4) is 5.75 Å². The Morgan fingerprint density at radius 2 is 1.94 bits per heavy atom. The minimum atomic E-state index is -2.80. The quantitative estimate of drug-likeness (QED) is 0.895. The Kier molecular flexibility index (Phi) is 4.19. The average molecular weight is 318 g/mol. The van der Waals surface area contributed by atoms with Crippen LogP contribution in [0.3, 0.4) is 0 Å². The van der Waals surface area contributed by atoms with Crippen LogP contribution in [0.2, 0.25) is 0 Å². The molecule has 0 atom stereocenters. The van der Waals surface area contributed by atoms with Gasteiger partial charge < -0.3 is 14.5 Å². The summed E-state index contributed by atoms with van der Waals surface area (Å²) in [6.07, 6.45) is 1.58. The van der Waals surface area contributed by atoms with Crippen molar-refractivity contribution in [2.24, 2.45) is 0 Å². The second-order valence-corrected chi connectivity index (χ2v) is 4.30. The summed E-state index contributed by atoms with van der Waals surface area (Å²) in [6, 6.07) is 8.08. The first-order chi connectivity index (χ1) is 8.65. The van der Waals surface area contributed by atoms with Gasteiger partial charge in [0, 0.05) is 5.69 Å². The standard InChI is InChI=1S/C12H10BrF2NO2/c13-10-5-6-17-11(10)7-16-8-1-3-9(4-2-8)18-12(14)15/h1-6,12,16H,7H2. The summed E-state index contributed by atoms with van der Waals surface area (Å²) < 4.78 is 34.3. The van der Waals surface area contributed by atoms with Crippen LogP contribution in [0, 0.1) is 0 Å². The average Bonchev–Trinajstić information content (AvgIpc) is 2.73. The van der Waals surface area contributed by atoms with E-state index >= 15 is 0 Å².